The van der Waals surface area contributed by atoms with Crippen molar-refractivity contribution < 1.29 is 27.9 Å². The van der Waals surface area contributed by atoms with E-state index in [0.29, 0.717) is 11.3 Å². The molecule has 98 valence electrons. The molecule has 0 aliphatic heterocycles. The summed E-state index contributed by atoms with van der Waals surface area (Å²) < 4.78 is 36.2. The molecule has 0 aliphatic carbocycles. The minimum Gasteiger partial charge on any atom is -0.476 e. The van der Waals surface area contributed by atoms with Crippen molar-refractivity contribution >= 4 is 17.6 Å². The van der Waals surface area contributed by atoms with E-state index in [4.69, 9.17) is 5.11 Å². The highest BCUT2D eigenvalue weighted by Gasteiger charge is 2.39. The first-order valence-electron chi connectivity index (χ1n) is 4.72. The van der Waals surface area contributed by atoms with Crippen LogP contribution >= 0.6 is 0 Å². The summed E-state index contributed by atoms with van der Waals surface area (Å²) in [5.74, 6) is -3.76. The molecular weight excluding hydrogens is 253 g/mol. The number of carboxylic acid groups (broad SMARTS) is 1. The van der Waals surface area contributed by atoms with Crippen molar-refractivity contribution in [3.63, 3.8) is 0 Å². The van der Waals surface area contributed by atoms with Crippen LogP contribution in [-0.4, -0.2) is 28.1 Å². The predicted octanol–water partition coefficient (Wildman–Crippen LogP) is 1.90. The molecule has 0 radical (unpaired) electrons. The van der Waals surface area contributed by atoms with Gasteiger partial charge in [0.15, 0.2) is 5.69 Å². The Balaban J connectivity index is 3.20. The van der Waals surface area contributed by atoms with E-state index >= 15 is 0 Å². The Bertz CT molecular complexity index is 512. The van der Waals surface area contributed by atoms with Crippen LogP contribution in [0, 0.1) is 13.8 Å². The van der Waals surface area contributed by atoms with Crippen LogP contribution in [0.25, 0.3) is 0 Å². The van der Waals surface area contributed by atoms with Crippen molar-refractivity contribution in [2.24, 2.45) is 0 Å². The largest absolute Gasteiger partial charge is 0.476 e. The van der Waals surface area contributed by atoms with E-state index in [-0.39, 0.29) is 0 Å². The molecule has 0 saturated carbocycles. The van der Waals surface area contributed by atoms with Crippen molar-refractivity contribution in [3.05, 3.63) is 23.0 Å². The fourth-order valence-corrected chi connectivity index (χ4v) is 1.16. The number of aryl methyl sites for hydroxylation is 2. The molecule has 0 atom stereocenters. The summed E-state index contributed by atoms with van der Waals surface area (Å²) in [7, 11) is 0. The number of aromatic carboxylic acids is 1. The van der Waals surface area contributed by atoms with Gasteiger partial charge < -0.3 is 10.4 Å². The number of nitrogens with zero attached hydrogens (tertiary/aromatic N) is 1. The fraction of sp³-hybridized carbons (Fsp3) is 0.300. The molecule has 1 rings (SSSR count). The Morgan fingerprint density at radius 2 is 1.89 bits per heavy atom. The molecule has 0 aromatic carbocycles. The van der Waals surface area contributed by atoms with Crippen LogP contribution in [0.15, 0.2) is 6.07 Å². The number of hydrogen-bond donors (Lipinski definition) is 2. The monoisotopic (exact) mass is 262 g/mol. The number of amides is 1. The van der Waals surface area contributed by atoms with Gasteiger partial charge in [0.05, 0.1) is 5.69 Å². The van der Waals surface area contributed by atoms with Crippen molar-refractivity contribution in [1.29, 1.82) is 0 Å². The number of hydrogen-bond acceptors (Lipinski definition) is 3. The Kier molecular flexibility index (Phi) is 3.59. The Morgan fingerprint density at radius 1 is 1.33 bits per heavy atom. The number of aromatic nitrogens is 1. The third kappa shape index (κ3) is 2.96. The van der Waals surface area contributed by atoms with E-state index in [1.54, 1.807) is 0 Å². The number of alkyl halides is 3. The standard InChI is InChI=1S/C10H9F3N2O3/c1-4-3-6(15-9(18)10(11,12)13)7(8(16)17)14-5(4)2/h3H,1-2H3,(H,15,18)(H,16,17). The molecule has 18 heavy (non-hydrogen) atoms. The van der Waals surface area contributed by atoms with Gasteiger partial charge in [-0.25, -0.2) is 9.78 Å². The van der Waals surface area contributed by atoms with Crippen molar-refractivity contribution in [3.8, 4) is 0 Å². The van der Waals surface area contributed by atoms with Gasteiger partial charge >= 0.3 is 18.1 Å². The second kappa shape index (κ2) is 4.63. The molecule has 0 saturated heterocycles. The number of carboxylic acids is 1. The van der Waals surface area contributed by atoms with Crippen molar-refractivity contribution in [1.82, 2.24) is 4.98 Å². The summed E-state index contributed by atoms with van der Waals surface area (Å²) in [4.78, 5) is 25.2. The molecule has 0 spiro atoms. The van der Waals surface area contributed by atoms with Crippen LogP contribution in [-0.2, 0) is 4.79 Å². The number of pyridine rings is 1. The number of rotatable bonds is 2. The summed E-state index contributed by atoms with van der Waals surface area (Å²) in [5.41, 5.74) is -0.279. The lowest BCUT2D eigenvalue weighted by atomic mass is 10.1. The smallest absolute Gasteiger partial charge is 0.471 e. The summed E-state index contributed by atoms with van der Waals surface area (Å²) in [5, 5.41) is 10.3. The van der Waals surface area contributed by atoms with E-state index in [2.05, 4.69) is 4.98 Å². The van der Waals surface area contributed by atoms with Gasteiger partial charge in [-0.3, -0.25) is 4.79 Å². The van der Waals surface area contributed by atoms with Crippen LogP contribution in [0.4, 0.5) is 18.9 Å². The summed E-state index contributed by atoms with van der Waals surface area (Å²) in [6.07, 6.45) is -5.09. The molecule has 1 aromatic rings. The third-order valence-electron chi connectivity index (χ3n) is 2.17. The summed E-state index contributed by atoms with van der Waals surface area (Å²) in [6.45, 7) is 3.05. The normalized spacial score (nSPS) is 11.2. The Labute approximate surface area is 99.6 Å². The van der Waals surface area contributed by atoms with Gasteiger partial charge in [-0.1, -0.05) is 0 Å². The highest BCUT2D eigenvalue weighted by atomic mass is 19.4. The maximum Gasteiger partial charge on any atom is 0.471 e. The van der Waals surface area contributed by atoms with Gasteiger partial charge in [0, 0.05) is 5.69 Å². The van der Waals surface area contributed by atoms with Crippen LogP contribution < -0.4 is 5.32 Å². The third-order valence-corrected chi connectivity index (χ3v) is 2.17. The molecule has 0 aliphatic rings. The zero-order chi connectivity index (χ0) is 14.1. The van der Waals surface area contributed by atoms with Gasteiger partial charge in [-0.2, -0.15) is 13.2 Å². The molecule has 5 nitrogen and oxygen atoms in total. The highest BCUT2D eigenvalue weighted by Crippen LogP contribution is 2.22. The fourth-order valence-electron chi connectivity index (χ4n) is 1.16. The van der Waals surface area contributed by atoms with E-state index in [9.17, 15) is 22.8 Å². The first-order chi connectivity index (χ1) is 8.12. The molecule has 8 heteroatoms. The average molecular weight is 262 g/mol. The number of nitrogens with one attached hydrogen (secondary N) is 1. The molecule has 0 unspecified atom stereocenters. The minimum atomic E-state index is -5.09. The van der Waals surface area contributed by atoms with Crippen molar-refractivity contribution in [2.45, 2.75) is 20.0 Å². The highest BCUT2D eigenvalue weighted by molar-refractivity contribution is 6.01. The zero-order valence-corrected chi connectivity index (χ0v) is 9.42. The van der Waals surface area contributed by atoms with E-state index < -0.39 is 29.4 Å². The summed E-state index contributed by atoms with van der Waals surface area (Å²) >= 11 is 0. The molecule has 1 amide bonds. The summed E-state index contributed by atoms with van der Waals surface area (Å²) in [6, 6.07) is 1.13. The van der Waals surface area contributed by atoms with Crippen LogP contribution in [0.5, 0.6) is 0 Å². The van der Waals surface area contributed by atoms with Crippen LogP contribution in [0.2, 0.25) is 0 Å². The second-order valence-electron chi connectivity index (χ2n) is 3.54. The molecular formula is C10H9F3N2O3. The van der Waals surface area contributed by atoms with E-state index in [1.165, 1.54) is 19.2 Å². The molecule has 0 fully saturated rings. The van der Waals surface area contributed by atoms with Gasteiger partial charge in [0.25, 0.3) is 0 Å². The number of halogens is 3. The van der Waals surface area contributed by atoms with Crippen LogP contribution in [0.3, 0.4) is 0 Å². The quantitative estimate of drug-likeness (QED) is 0.853. The maximum absolute atomic E-state index is 12.1. The van der Waals surface area contributed by atoms with Crippen molar-refractivity contribution in [2.75, 3.05) is 5.32 Å². The predicted molar refractivity (Wildman–Crippen MR) is 55.4 cm³/mol. The van der Waals surface area contributed by atoms with Gasteiger partial charge in [0.1, 0.15) is 0 Å². The first-order valence-corrected chi connectivity index (χ1v) is 4.72. The SMILES string of the molecule is Cc1cc(NC(=O)C(F)(F)F)c(C(=O)O)nc1C. The average Bonchev–Trinajstić information content (AvgIpc) is 2.21. The first kappa shape index (κ1) is 13.9. The van der Waals surface area contributed by atoms with Gasteiger partial charge in [0.2, 0.25) is 0 Å². The zero-order valence-electron chi connectivity index (χ0n) is 9.42. The molecule has 1 heterocycles. The lowest BCUT2D eigenvalue weighted by Gasteiger charge is -2.11. The topological polar surface area (TPSA) is 79.3 Å². The Morgan fingerprint density at radius 3 is 2.33 bits per heavy atom. The van der Waals surface area contributed by atoms with Crippen LogP contribution in [0.1, 0.15) is 21.7 Å². The number of anilines is 1. The lowest BCUT2D eigenvalue weighted by Crippen LogP contribution is -2.31. The van der Waals surface area contributed by atoms with Gasteiger partial charge in [-0.15, -0.1) is 0 Å². The minimum absolute atomic E-state index is 0.359. The molecule has 2 N–H and O–H groups in total. The number of carbonyl (C=O) groups excluding carboxylic acids is 1. The van der Waals surface area contributed by atoms with Gasteiger partial charge in [-0.05, 0) is 25.5 Å². The number of carbonyl (C=O) groups is 2. The molecule has 1 aromatic heterocycles. The maximum atomic E-state index is 12.1. The Hall–Kier alpha value is -2.12. The van der Waals surface area contributed by atoms with E-state index in [0.717, 1.165) is 6.07 Å². The van der Waals surface area contributed by atoms with E-state index in [1.807, 2.05) is 0 Å². The molecule has 0 bridgehead atoms. The second-order valence-corrected chi connectivity index (χ2v) is 3.54. The lowest BCUT2D eigenvalue weighted by molar-refractivity contribution is -0.167.